The molecule has 123 heavy (non-hydrogen) atoms. The molecule has 12 aromatic heterocycles. The van der Waals surface area contributed by atoms with Crippen LogP contribution in [0, 0.1) is 66.7 Å². The average Bonchev–Trinajstić information content (AvgIpc) is 1.75. The molecule has 0 aliphatic heterocycles. The van der Waals surface area contributed by atoms with Crippen LogP contribution in [0.15, 0.2) is 208 Å². The van der Waals surface area contributed by atoms with E-state index >= 15 is 0 Å². The van der Waals surface area contributed by atoms with Crippen LogP contribution in [0.3, 0.4) is 0 Å². The molecule has 0 bridgehead atoms. The number of methoxy groups -OCH3 is 4. The zero-order valence-electron chi connectivity index (χ0n) is 69.5. The number of aliphatic hydroxyl groups excluding tert-OH is 1. The van der Waals surface area contributed by atoms with Crippen molar-refractivity contribution in [1.29, 1.82) is 5.26 Å². The Morgan fingerprint density at radius 3 is 0.943 bits per heavy atom. The number of aliphatic hydroxyl groups is 1. The number of pyridine rings is 8. The Balaban J connectivity index is 0.000000141. The van der Waals surface area contributed by atoms with Crippen molar-refractivity contribution in [3.05, 3.63) is 303 Å². The van der Waals surface area contributed by atoms with Gasteiger partial charge in [0.15, 0.2) is 0 Å². The molecular formula is C91H85N13O18S. The number of ether oxygens (including phenoxy) is 4. The summed E-state index contributed by atoms with van der Waals surface area (Å²) in [7, 11) is 2.56. The van der Waals surface area contributed by atoms with E-state index in [0.717, 1.165) is 84.3 Å². The monoisotopic (exact) mass is 1680 g/mol. The summed E-state index contributed by atoms with van der Waals surface area (Å²) in [5.41, 5.74) is 14.9. The fourth-order valence-electron chi connectivity index (χ4n) is 14.9. The number of rotatable bonds is 23. The average molecular weight is 1680 g/mol. The lowest BCUT2D eigenvalue weighted by atomic mass is 9.99. The van der Waals surface area contributed by atoms with E-state index in [1.54, 1.807) is 111 Å². The SMILES string of the molecule is COc1cc2c(cc1-c1c(C)noc1C)cc(CC#N)c(=O)n2Cc1ccccn1.COc1cc2c(cc1-c1c(C)noc1C)cc(CC(=O)O)c(=O)n2Cc1ccccn1.COc1cc2c(cc1-c1c(C)noc1C)cc(CO)c(=O)n2Cc1ccccn1.COc1cc2c(cc1-c1c(C)noc1C)cc(COS(C)(=O)=O)c(=O)n2Cc1ccccn1. The molecule has 0 saturated heterocycles. The summed E-state index contributed by atoms with van der Waals surface area (Å²) in [6, 6.07) is 45.8. The molecule has 32 heteroatoms. The van der Waals surface area contributed by atoms with E-state index in [2.05, 4.69) is 46.6 Å². The van der Waals surface area contributed by atoms with E-state index in [-0.39, 0.29) is 79.1 Å². The highest BCUT2D eigenvalue weighted by atomic mass is 32.2. The molecule has 31 nitrogen and oxygen atoms in total. The van der Waals surface area contributed by atoms with Gasteiger partial charge in [-0.2, -0.15) is 13.7 Å². The van der Waals surface area contributed by atoms with Crippen molar-refractivity contribution in [2.24, 2.45) is 0 Å². The predicted octanol–water partition coefficient (Wildman–Crippen LogP) is 13.6. The maximum absolute atomic E-state index is 13.3. The predicted molar refractivity (Wildman–Crippen MR) is 458 cm³/mol. The van der Waals surface area contributed by atoms with Gasteiger partial charge in [0.05, 0.1) is 183 Å². The van der Waals surface area contributed by atoms with Gasteiger partial charge in [0.2, 0.25) is 0 Å². The maximum atomic E-state index is 13.3. The number of benzene rings is 4. The molecule has 0 amide bonds. The Bertz CT molecular complexity index is 7010. The van der Waals surface area contributed by atoms with Gasteiger partial charge in [0.25, 0.3) is 32.4 Å². The van der Waals surface area contributed by atoms with Gasteiger partial charge in [-0.05, 0) is 174 Å². The molecule has 2 N–H and O–H groups in total. The van der Waals surface area contributed by atoms with Gasteiger partial charge in [-0.15, -0.1) is 0 Å². The van der Waals surface area contributed by atoms with Gasteiger partial charge in [-0.3, -0.25) is 48.1 Å². The molecule has 4 aromatic carbocycles. The van der Waals surface area contributed by atoms with E-state index in [1.807, 2.05) is 152 Å². The molecule has 0 atom stereocenters. The Hall–Kier alpha value is -14.8. The Morgan fingerprint density at radius 2 is 0.691 bits per heavy atom. The molecule has 0 aliphatic rings. The van der Waals surface area contributed by atoms with Crippen LogP contribution in [0.5, 0.6) is 23.0 Å². The first-order valence-corrected chi connectivity index (χ1v) is 40.3. The highest BCUT2D eigenvalue weighted by molar-refractivity contribution is 7.85. The second-order valence-electron chi connectivity index (χ2n) is 28.8. The first-order chi connectivity index (χ1) is 59.1. The molecule has 0 radical (unpaired) electrons. The Labute approximate surface area is 703 Å². The van der Waals surface area contributed by atoms with Crippen molar-refractivity contribution in [3.63, 3.8) is 0 Å². The molecule has 0 aliphatic carbocycles. The summed E-state index contributed by atoms with van der Waals surface area (Å²) in [5.74, 6) is 3.90. The zero-order valence-corrected chi connectivity index (χ0v) is 70.3. The minimum atomic E-state index is -3.73. The third kappa shape index (κ3) is 18.6. The fraction of sp³-hybridized carbons (Fsp3) is 0.231. The zero-order chi connectivity index (χ0) is 87.7. The van der Waals surface area contributed by atoms with Gasteiger partial charge in [-0.1, -0.05) is 44.9 Å². The normalized spacial score (nSPS) is 11.2. The molecule has 12 heterocycles. The first-order valence-electron chi connectivity index (χ1n) is 38.5. The Morgan fingerprint density at radius 1 is 0.415 bits per heavy atom. The van der Waals surface area contributed by atoms with Crippen molar-refractivity contribution in [2.45, 2.75) is 108 Å². The number of nitrogens with zero attached hydrogens (tertiary/aromatic N) is 13. The van der Waals surface area contributed by atoms with E-state index in [0.29, 0.717) is 119 Å². The smallest absolute Gasteiger partial charge is 0.308 e. The van der Waals surface area contributed by atoms with E-state index in [1.165, 1.54) is 9.13 Å². The topological polar surface area (TPSA) is 405 Å². The van der Waals surface area contributed by atoms with Gasteiger partial charge in [0.1, 0.15) is 46.0 Å². The lowest BCUT2D eigenvalue weighted by Crippen LogP contribution is -2.26. The van der Waals surface area contributed by atoms with Crippen molar-refractivity contribution in [2.75, 3.05) is 34.7 Å². The molecule has 16 aromatic rings. The second kappa shape index (κ2) is 37.2. The highest BCUT2D eigenvalue weighted by Crippen LogP contribution is 2.43. The minimum Gasteiger partial charge on any atom is -0.496 e. The third-order valence-corrected chi connectivity index (χ3v) is 21.1. The highest BCUT2D eigenvalue weighted by Gasteiger charge is 2.26. The molecule has 16 rings (SSSR count). The van der Waals surface area contributed by atoms with Crippen molar-refractivity contribution in [1.82, 2.24) is 58.8 Å². The number of hydrogen-bond donors (Lipinski definition) is 2. The maximum Gasteiger partial charge on any atom is 0.308 e. The number of nitriles is 1. The van der Waals surface area contributed by atoms with Crippen LogP contribution in [0.1, 0.15) is 90.8 Å². The van der Waals surface area contributed by atoms with Crippen LogP contribution >= 0.6 is 0 Å². The van der Waals surface area contributed by atoms with Crippen LogP contribution in [0.4, 0.5) is 0 Å². The van der Waals surface area contributed by atoms with Gasteiger partial charge >= 0.3 is 5.97 Å². The van der Waals surface area contributed by atoms with Gasteiger partial charge in [0, 0.05) is 93.6 Å². The van der Waals surface area contributed by atoms with E-state index in [4.69, 9.17) is 41.2 Å². The lowest BCUT2D eigenvalue weighted by molar-refractivity contribution is -0.136. The number of hydrogen-bond acceptors (Lipinski definition) is 26. The second-order valence-corrected chi connectivity index (χ2v) is 30.4. The van der Waals surface area contributed by atoms with Gasteiger partial charge in [-0.25, -0.2) is 0 Å². The number of carbonyl (C=O) groups is 1. The molecule has 0 spiro atoms. The number of carboxylic acid groups (broad SMARTS) is 1. The molecule has 0 unspecified atom stereocenters. The summed E-state index contributed by atoms with van der Waals surface area (Å²) in [6.45, 7) is 15.0. The molecule has 0 saturated carbocycles. The summed E-state index contributed by atoms with van der Waals surface area (Å²) in [4.78, 5) is 81.2. The minimum absolute atomic E-state index is 0.0314. The van der Waals surface area contributed by atoms with Crippen LogP contribution in [-0.2, 0) is 71.3 Å². The van der Waals surface area contributed by atoms with Crippen LogP contribution in [-0.4, -0.2) is 118 Å². The molecule has 0 fully saturated rings. The quantitative estimate of drug-likeness (QED) is 0.0562. The van der Waals surface area contributed by atoms with Gasteiger partial charge < -0.3 is 65.5 Å². The van der Waals surface area contributed by atoms with Crippen LogP contribution in [0.2, 0.25) is 0 Å². The van der Waals surface area contributed by atoms with Crippen molar-refractivity contribution < 1.29 is 64.6 Å². The number of fused-ring (bicyclic) bond motifs is 4. The van der Waals surface area contributed by atoms with Crippen molar-refractivity contribution >= 4 is 59.7 Å². The summed E-state index contributed by atoms with van der Waals surface area (Å²) in [5, 5.41) is 47.4. The summed E-state index contributed by atoms with van der Waals surface area (Å²) >= 11 is 0. The summed E-state index contributed by atoms with van der Waals surface area (Å²) in [6.07, 6.45) is 7.29. The van der Waals surface area contributed by atoms with E-state index in [9.17, 15) is 47.9 Å². The number of aromatic nitrogens is 12. The largest absolute Gasteiger partial charge is 0.496 e. The first kappa shape index (κ1) is 86.1. The lowest BCUT2D eigenvalue weighted by Gasteiger charge is -2.16. The van der Waals surface area contributed by atoms with Crippen molar-refractivity contribution in [3.8, 4) is 73.6 Å². The number of carboxylic acids is 1. The van der Waals surface area contributed by atoms with Crippen LogP contribution in [0.25, 0.3) is 88.1 Å². The number of aliphatic carboxylic acids is 1. The Kier molecular flexibility index (Phi) is 26.0. The number of aryl methyl sites for hydroxylation is 8. The summed E-state index contributed by atoms with van der Waals surface area (Å²) < 4.78 is 78.2. The van der Waals surface area contributed by atoms with E-state index < -0.39 is 16.1 Å². The molecule has 628 valence electrons. The fourth-order valence-corrected chi connectivity index (χ4v) is 15.3. The van der Waals surface area contributed by atoms with Crippen LogP contribution < -0.4 is 41.2 Å². The molecular weight excluding hydrogens is 1600 g/mol. The standard InChI is InChI=1S/C23H20N4O3.C23H23N3O6S.C23H21N3O5.C22H21N3O4/c1-14-22(15(2)30-26-14)19-11-17-10-16(7-8-24)23(28)27(20(17)12-21(19)29-3)13-18-6-4-5-9-25-18;1-14-22(15(2)32-25-14)19-10-16-9-17(13-31-33(4,28)29)23(27)26(20(16)11-21(19)30-3)12-18-7-5-6-8-24-18;1-13-22(14(2)31-25-13)18-9-15-8-16(10-21(27)28)23(29)26(19(15)11-20(18)30-3)12-17-6-4-5-7-24-17;1-13-21(14(2)29-24-13)18-9-15-8-16(12-26)22(27)25(19(15)10-20(18)28-3)11-17-6-4-5-7-23-17/h4-6,9-12H,7,13H2,1-3H3;5-11H,12-13H2,1-4H3;4-9,11H,10,12H2,1-3H3,(H,27,28);4-10,26H,11-12H2,1-3H3. The third-order valence-electron chi connectivity index (χ3n) is 20.6.